The molecule has 2 aromatic rings. The van der Waals surface area contributed by atoms with E-state index in [0.29, 0.717) is 30.3 Å². The molecule has 1 unspecified atom stereocenters. The molecule has 2 amide bonds. The Balaban J connectivity index is 0.00000195. The number of aromatic nitrogens is 2. The zero-order valence-corrected chi connectivity index (χ0v) is 23.2. The van der Waals surface area contributed by atoms with Crippen molar-refractivity contribution in [2.75, 3.05) is 25.0 Å². The Morgan fingerprint density at radius 1 is 1.21 bits per heavy atom. The number of amides is 2. The lowest BCUT2D eigenvalue weighted by Gasteiger charge is -2.21. The van der Waals surface area contributed by atoms with Crippen LogP contribution in [-0.2, 0) is 6.18 Å². The molecule has 12 heteroatoms. The largest absolute Gasteiger partial charge is 0.417 e. The summed E-state index contributed by atoms with van der Waals surface area (Å²) in [6.07, 6.45) is 0.00750. The number of hydrogen-bond donors (Lipinski definition) is 3. The van der Waals surface area contributed by atoms with Gasteiger partial charge in [-0.25, -0.2) is 9.97 Å². The fourth-order valence-corrected chi connectivity index (χ4v) is 5.02. The number of carbonyl (C=O) groups excluding carboxylic acids is 2. The number of alkyl halides is 3. The SMILES string of the molecule is CC.CC1CCCN1C(=O)c1nc(C(=O)NCC(C)(C)O)sc1-c1cnc(NCC2CC2)cc1C(F)(F)F. The number of carbonyl (C=O) groups is 2. The highest BCUT2D eigenvalue weighted by molar-refractivity contribution is 7.17. The van der Waals surface area contributed by atoms with Gasteiger partial charge in [0, 0.05) is 37.4 Å². The number of hydrogen-bond acceptors (Lipinski definition) is 7. The molecule has 0 spiro atoms. The summed E-state index contributed by atoms with van der Waals surface area (Å²) in [6.45, 7) is 9.80. The summed E-state index contributed by atoms with van der Waals surface area (Å²) in [6, 6.07) is 0.854. The average molecular weight is 556 g/mol. The predicted octanol–water partition coefficient (Wildman–Crippen LogP) is 5.20. The molecule has 4 rings (SSSR count). The highest BCUT2D eigenvalue weighted by Crippen LogP contribution is 2.42. The summed E-state index contributed by atoms with van der Waals surface area (Å²) in [5.74, 6) is -0.649. The van der Waals surface area contributed by atoms with E-state index in [0.717, 1.165) is 37.9 Å². The molecule has 0 aromatic carbocycles. The number of likely N-dealkylation sites (tertiary alicyclic amines) is 1. The van der Waals surface area contributed by atoms with Gasteiger partial charge in [-0.3, -0.25) is 9.59 Å². The van der Waals surface area contributed by atoms with E-state index in [4.69, 9.17) is 0 Å². The minimum absolute atomic E-state index is 0.0546. The average Bonchev–Trinajstić information content (AvgIpc) is 3.42. The molecule has 1 atom stereocenters. The van der Waals surface area contributed by atoms with Gasteiger partial charge in [-0.1, -0.05) is 13.8 Å². The number of halogens is 3. The van der Waals surface area contributed by atoms with Crippen molar-refractivity contribution in [2.45, 2.75) is 78.1 Å². The lowest BCUT2D eigenvalue weighted by molar-refractivity contribution is -0.137. The second-order valence-corrected chi connectivity index (χ2v) is 11.1. The third-order valence-corrected chi connectivity index (χ3v) is 7.33. The Kier molecular flexibility index (Phi) is 9.40. The van der Waals surface area contributed by atoms with Crippen LogP contribution in [0.5, 0.6) is 0 Å². The summed E-state index contributed by atoms with van der Waals surface area (Å²) in [4.78, 5) is 36.0. The molecule has 38 heavy (non-hydrogen) atoms. The maximum atomic E-state index is 14.2. The fraction of sp³-hybridized carbons (Fsp3) is 0.615. The van der Waals surface area contributed by atoms with Crippen molar-refractivity contribution in [1.29, 1.82) is 0 Å². The number of nitrogens with one attached hydrogen (secondary N) is 2. The third-order valence-electron chi connectivity index (χ3n) is 6.24. The summed E-state index contributed by atoms with van der Waals surface area (Å²) in [5, 5.41) is 15.2. The van der Waals surface area contributed by atoms with Crippen LogP contribution in [0.1, 0.15) is 86.2 Å². The van der Waals surface area contributed by atoms with Crippen LogP contribution < -0.4 is 10.6 Å². The van der Waals surface area contributed by atoms with Crippen molar-refractivity contribution in [3.8, 4) is 10.4 Å². The summed E-state index contributed by atoms with van der Waals surface area (Å²) in [7, 11) is 0. The van der Waals surface area contributed by atoms with E-state index in [2.05, 4.69) is 20.6 Å². The number of pyridine rings is 1. The zero-order chi connectivity index (χ0) is 28.3. The Labute approximate surface area is 225 Å². The van der Waals surface area contributed by atoms with Gasteiger partial charge >= 0.3 is 6.18 Å². The van der Waals surface area contributed by atoms with Gasteiger partial charge in [0.15, 0.2) is 5.01 Å². The van der Waals surface area contributed by atoms with Gasteiger partial charge in [0.25, 0.3) is 11.8 Å². The minimum atomic E-state index is -4.72. The first-order valence-electron chi connectivity index (χ1n) is 13.0. The second kappa shape index (κ2) is 12.0. The van der Waals surface area contributed by atoms with Gasteiger partial charge in [0.05, 0.1) is 16.0 Å². The second-order valence-electron chi connectivity index (χ2n) is 10.1. The summed E-state index contributed by atoms with van der Waals surface area (Å²) in [5.41, 5.74) is -2.65. The van der Waals surface area contributed by atoms with Gasteiger partial charge in [0.2, 0.25) is 0 Å². The molecule has 1 aliphatic heterocycles. The molecule has 210 valence electrons. The van der Waals surface area contributed by atoms with Crippen molar-refractivity contribution in [3.05, 3.63) is 28.5 Å². The van der Waals surface area contributed by atoms with Crippen molar-refractivity contribution >= 4 is 29.0 Å². The topological polar surface area (TPSA) is 107 Å². The lowest BCUT2D eigenvalue weighted by atomic mass is 10.1. The Morgan fingerprint density at radius 3 is 2.45 bits per heavy atom. The van der Waals surface area contributed by atoms with E-state index in [9.17, 15) is 27.9 Å². The van der Waals surface area contributed by atoms with Gasteiger partial charge < -0.3 is 20.6 Å². The molecule has 1 saturated heterocycles. The highest BCUT2D eigenvalue weighted by atomic mass is 32.1. The smallest absolute Gasteiger partial charge is 0.389 e. The maximum absolute atomic E-state index is 14.2. The van der Waals surface area contributed by atoms with E-state index in [-0.39, 0.29) is 39.5 Å². The van der Waals surface area contributed by atoms with Crippen LogP contribution in [0.4, 0.5) is 19.0 Å². The first-order chi connectivity index (χ1) is 17.8. The first-order valence-corrected chi connectivity index (χ1v) is 13.8. The minimum Gasteiger partial charge on any atom is -0.389 e. The summed E-state index contributed by atoms with van der Waals surface area (Å²) >= 11 is 0.711. The molecule has 8 nitrogen and oxygen atoms in total. The number of aliphatic hydroxyl groups is 1. The normalized spacial score (nSPS) is 17.6. The molecule has 2 aromatic heterocycles. The molecule has 0 radical (unpaired) electrons. The van der Waals surface area contributed by atoms with E-state index >= 15 is 0 Å². The molecule has 3 N–H and O–H groups in total. The van der Waals surface area contributed by atoms with Crippen LogP contribution in [0.3, 0.4) is 0 Å². The number of rotatable bonds is 8. The van der Waals surface area contributed by atoms with Gasteiger partial charge in [-0.15, -0.1) is 11.3 Å². The standard InChI is InChI=1S/C24H30F3N5O3S.C2H6/c1-13-5-4-8-32(13)22(34)18-19(36-21(31-18)20(33)30-12-23(2,3)35)15-11-29-17(28-10-14-6-7-14)9-16(15)24(25,26)27;1-2/h9,11,13-14,35H,4-8,10,12H2,1-3H3,(H,28,29)(H,30,33);1-2H3. The van der Waals surface area contributed by atoms with Crippen LogP contribution in [0.2, 0.25) is 0 Å². The zero-order valence-electron chi connectivity index (χ0n) is 22.4. The Bertz CT molecular complexity index is 1140. The van der Waals surface area contributed by atoms with Crippen molar-refractivity contribution < 1.29 is 27.9 Å². The molecular formula is C26H36F3N5O3S. The van der Waals surface area contributed by atoms with Crippen LogP contribution >= 0.6 is 11.3 Å². The molecular weight excluding hydrogens is 519 g/mol. The molecule has 3 heterocycles. The van der Waals surface area contributed by atoms with Gasteiger partial charge in [-0.05, 0) is 58.4 Å². The molecule has 2 fully saturated rings. The maximum Gasteiger partial charge on any atom is 0.417 e. The van der Waals surface area contributed by atoms with Crippen LogP contribution in [0.15, 0.2) is 12.3 Å². The van der Waals surface area contributed by atoms with Crippen molar-refractivity contribution in [2.24, 2.45) is 5.92 Å². The van der Waals surface area contributed by atoms with Crippen LogP contribution in [0.25, 0.3) is 10.4 Å². The Morgan fingerprint density at radius 2 is 1.89 bits per heavy atom. The van der Waals surface area contributed by atoms with Crippen molar-refractivity contribution in [3.63, 3.8) is 0 Å². The van der Waals surface area contributed by atoms with E-state index in [1.807, 2.05) is 20.8 Å². The molecule has 0 bridgehead atoms. The van der Waals surface area contributed by atoms with Gasteiger partial charge in [0.1, 0.15) is 11.5 Å². The fourth-order valence-electron chi connectivity index (χ4n) is 4.03. The van der Waals surface area contributed by atoms with E-state index < -0.39 is 29.2 Å². The monoisotopic (exact) mass is 555 g/mol. The summed E-state index contributed by atoms with van der Waals surface area (Å²) < 4.78 is 42.5. The molecule has 2 aliphatic rings. The Hall–Kier alpha value is -2.73. The number of nitrogens with zero attached hydrogens (tertiary/aromatic N) is 3. The molecule has 1 saturated carbocycles. The first kappa shape index (κ1) is 29.8. The van der Waals surface area contributed by atoms with Gasteiger partial charge in [-0.2, -0.15) is 13.2 Å². The molecule has 1 aliphatic carbocycles. The van der Waals surface area contributed by atoms with Crippen LogP contribution in [0, 0.1) is 5.92 Å². The lowest BCUT2D eigenvalue weighted by Crippen LogP contribution is -2.38. The number of thiazole rings is 1. The number of anilines is 1. The highest BCUT2D eigenvalue weighted by Gasteiger charge is 2.38. The van der Waals surface area contributed by atoms with Crippen LogP contribution in [-0.4, -0.2) is 63.1 Å². The van der Waals surface area contributed by atoms with E-state index in [1.165, 1.54) is 13.8 Å². The predicted molar refractivity (Wildman–Crippen MR) is 141 cm³/mol. The quantitative estimate of drug-likeness (QED) is 0.414. The van der Waals surface area contributed by atoms with Crippen molar-refractivity contribution in [1.82, 2.24) is 20.2 Å². The van der Waals surface area contributed by atoms with E-state index in [1.54, 1.807) is 4.90 Å². The third kappa shape index (κ3) is 7.43.